The van der Waals surface area contributed by atoms with E-state index in [-0.39, 0.29) is 64.1 Å². The largest absolute Gasteiger partial charge is 0.471 e. The molecule has 11 nitrogen and oxygen atoms in total. The van der Waals surface area contributed by atoms with Gasteiger partial charge in [0.2, 0.25) is 11.9 Å². The van der Waals surface area contributed by atoms with Crippen molar-refractivity contribution in [2.24, 2.45) is 5.92 Å². The van der Waals surface area contributed by atoms with Crippen molar-refractivity contribution in [1.29, 1.82) is 0 Å². The summed E-state index contributed by atoms with van der Waals surface area (Å²) >= 11 is 0. The third kappa shape index (κ3) is 8.22. The van der Waals surface area contributed by atoms with Gasteiger partial charge < -0.3 is 15.3 Å². The normalized spacial score (nSPS) is 12.2. The van der Waals surface area contributed by atoms with Crippen LogP contribution in [0.15, 0.2) is 47.3 Å². The van der Waals surface area contributed by atoms with Gasteiger partial charge in [-0.1, -0.05) is 19.9 Å². The van der Waals surface area contributed by atoms with Crippen molar-refractivity contribution in [3.05, 3.63) is 63.9 Å². The zero-order chi connectivity index (χ0) is 31.2. The lowest BCUT2D eigenvalue weighted by Crippen LogP contribution is -2.41. The summed E-state index contributed by atoms with van der Waals surface area (Å²) in [4.78, 5) is 67.8. The SMILES string of the molecule is CC(C)C(=O)Nc1nc2ccc(CN(C(=O)C(F)(F)F)c3ccc(C(=O)N[C@H](C)CCC(=O)CO)cc3)cc2c(=O)[nH]1. The van der Waals surface area contributed by atoms with Gasteiger partial charge in [-0.05, 0) is 55.3 Å². The minimum Gasteiger partial charge on any atom is -0.389 e. The van der Waals surface area contributed by atoms with Gasteiger partial charge in [0.1, 0.15) is 6.61 Å². The lowest BCUT2D eigenvalue weighted by Gasteiger charge is -2.24. The van der Waals surface area contributed by atoms with Crippen LogP contribution in [0, 0.1) is 5.92 Å². The molecule has 0 saturated heterocycles. The number of nitrogens with zero attached hydrogens (tertiary/aromatic N) is 2. The van der Waals surface area contributed by atoms with Crippen molar-refractivity contribution in [3.63, 3.8) is 0 Å². The number of carbonyl (C=O) groups excluding carboxylic acids is 4. The van der Waals surface area contributed by atoms with Crippen molar-refractivity contribution in [2.45, 2.75) is 52.4 Å². The van der Waals surface area contributed by atoms with Crippen LogP contribution in [0.3, 0.4) is 0 Å². The number of aliphatic hydroxyl groups is 1. The maximum absolute atomic E-state index is 13.5. The molecule has 0 aliphatic carbocycles. The predicted octanol–water partition coefficient (Wildman–Crippen LogP) is 3.07. The van der Waals surface area contributed by atoms with Crippen LogP contribution in [0.4, 0.5) is 24.8 Å². The monoisotopic (exact) mass is 589 g/mol. The molecule has 0 spiro atoms. The number of halogens is 3. The van der Waals surface area contributed by atoms with E-state index in [9.17, 15) is 37.1 Å². The van der Waals surface area contributed by atoms with Crippen LogP contribution in [0.2, 0.25) is 0 Å². The molecular formula is C28H30F3N5O6. The number of ketones is 1. The molecule has 0 unspecified atom stereocenters. The number of amides is 3. The minimum absolute atomic E-state index is 0.0382. The second-order valence-electron chi connectivity index (χ2n) is 9.96. The zero-order valence-electron chi connectivity index (χ0n) is 23.0. The summed E-state index contributed by atoms with van der Waals surface area (Å²) < 4.78 is 40.6. The predicted molar refractivity (Wildman–Crippen MR) is 148 cm³/mol. The van der Waals surface area contributed by atoms with Crippen LogP contribution < -0.4 is 21.1 Å². The van der Waals surface area contributed by atoms with E-state index < -0.39 is 42.7 Å². The van der Waals surface area contributed by atoms with Gasteiger partial charge in [-0.2, -0.15) is 13.2 Å². The fourth-order valence-corrected chi connectivity index (χ4v) is 3.85. The Labute approximate surface area is 238 Å². The van der Waals surface area contributed by atoms with Gasteiger partial charge in [-0.15, -0.1) is 0 Å². The number of aromatic nitrogens is 2. The number of fused-ring (bicyclic) bond motifs is 1. The Hall–Kier alpha value is -4.59. The molecule has 3 aromatic rings. The van der Waals surface area contributed by atoms with Gasteiger partial charge in [0.25, 0.3) is 11.5 Å². The van der Waals surface area contributed by atoms with E-state index in [4.69, 9.17) is 5.11 Å². The molecular weight excluding hydrogens is 559 g/mol. The summed E-state index contributed by atoms with van der Waals surface area (Å²) in [7, 11) is 0. The van der Waals surface area contributed by atoms with E-state index in [2.05, 4.69) is 20.6 Å². The Bertz CT molecular complexity index is 1540. The average Bonchev–Trinajstić information content (AvgIpc) is 2.94. The van der Waals surface area contributed by atoms with Crippen LogP contribution in [0.5, 0.6) is 0 Å². The molecule has 0 aliphatic rings. The number of aromatic amines is 1. The lowest BCUT2D eigenvalue weighted by atomic mass is 10.1. The smallest absolute Gasteiger partial charge is 0.389 e. The molecule has 0 aliphatic heterocycles. The van der Waals surface area contributed by atoms with Crippen molar-refractivity contribution < 1.29 is 37.5 Å². The van der Waals surface area contributed by atoms with Gasteiger partial charge in [-0.25, -0.2) is 4.98 Å². The number of nitrogens with one attached hydrogen (secondary N) is 3. The topological polar surface area (TPSA) is 162 Å². The summed E-state index contributed by atoms with van der Waals surface area (Å²) in [5.41, 5.74) is -0.295. The van der Waals surface area contributed by atoms with Crippen LogP contribution in [-0.2, 0) is 20.9 Å². The fourth-order valence-electron chi connectivity index (χ4n) is 3.85. The number of aliphatic hydroxyl groups excluding tert-OH is 1. The molecule has 2 aromatic carbocycles. The highest BCUT2D eigenvalue weighted by molar-refractivity contribution is 5.99. The standard InChI is InChI=1S/C28H30F3N5O6/c1-15(2)23(39)34-27-33-22-11-5-17(12-21(22)25(41)35-27)13-36(26(42)28(29,30)31)19-8-6-18(7-9-19)24(40)32-16(3)4-10-20(38)14-37/h5-9,11-12,15-16,37H,4,10,13-14H2,1-3H3,(H,32,40)(H2,33,34,35,39,41)/t16-/m1/s1. The highest BCUT2D eigenvalue weighted by atomic mass is 19.4. The number of hydrogen-bond acceptors (Lipinski definition) is 7. The van der Waals surface area contributed by atoms with Crippen LogP contribution >= 0.6 is 0 Å². The van der Waals surface area contributed by atoms with Crippen molar-refractivity contribution in [1.82, 2.24) is 15.3 Å². The first kappa shape index (κ1) is 31.9. The molecule has 4 N–H and O–H groups in total. The summed E-state index contributed by atoms with van der Waals surface area (Å²) in [5, 5.41) is 14.0. The van der Waals surface area contributed by atoms with Gasteiger partial charge in [-0.3, -0.25) is 34.3 Å². The highest BCUT2D eigenvalue weighted by Crippen LogP contribution is 2.27. The van der Waals surface area contributed by atoms with Gasteiger partial charge >= 0.3 is 12.1 Å². The Morgan fingerprint density at radius 2 is 1.71 bits per heavy atom. The van der Waals surface area contributed by atoms with E-state index in [1.807, 2.05) is 0 Å². The summed E-state index contributed by atoms with van der Waals surface area (Å²) in [6.07, 6.45) is -4.86. The van der Waals surface area contributed by atoms with Crippen molar-refractivity contribution in [2.75, 3.05) is 16.8 Å². The first-order chi connectivity index (χ1) is 19.7. The molecule has 1 aromatic heterocycles. The molecule has 42 heavy (non-hydrogen) atoms. The fraction of sp³-hybridized carbons (Fsp3) is 0.357. The number of alkyl halides is 3. The molecule has 3 amide bonds. The van der Waals surface area contributed by atoms with Crippen LogP contribution in [0.1, 0.15) is 49.5 Å². The molecule has 0 saturated carbocycles. The first-order valence-corrected chi connectivity index (χ1v) is 13.0. The quantitative estimate of drug-likeness (QED) is 0.267. The highest BCUT2D eigenvalue weighted by Gasteiger charge is 2.43. The van der Waals surface area contributed by atoms with Gasteiger partial charge in [0.15, 0.2) is 5.78 Å². The molecule has 0 fully saturated rings. The zero-order valence-corrected chi connectivity index (χ0v) is 23.0. The maximum atomic E-state index is 13.5. The number of anilines is 2. The second-order valence-corrected chi connectivity index (χ2v) is 9.96. The lowest BCUT2D eigenvalue weighted by molar-refractivity contribution is -0.170. The molecule has 224 valence electrons. The molecule has 0 bridgehead atoms. The molecule has 14 heteroatoms. The Morgan fingerprint density at radius 3 is 2.31 bits per heavy atom. The Morgan fingerprint density at radius 1 is 1.05 bits per heavy atom. The summed E-state index contributed by atoms with van der Waals surface area (Å²) in [6, 6.07) is 8.59. The third-order valence-electron chi connectivity index (χ3n) is 6.22. The van der Waals surface area contributed by atoms with Crippen molar-refractivity contribution >= 4 is 46.0 Å². The Kier molecular flexibility index (Phi) is 10.2. The number of rotatable bonds is 11. The number of benzene rings is 2. The summed E-state index contributed by atoms with van der Waals surface area (Å²) in [6.45, 7) is 3.82. The first-order valence-electron chi connectivity index (χ1n) is 13.0. The molecule has 3 rings (SSSR count). The Balaban J connectivity index is 1.84. The molecule has 1 heterocycles. The molecule has 0 radical (unpaired) electrons. The number of H-pyrrole nitrogens is 1. The second kappa shape index (κ2) is 13.4. The number of carbonyl (C=O) groups is 4. The van der Waals surface area contributed by atoms with Crippen LogP contribution in [-0.4, -0.2) is 57.4 Å². The molecule has 1 atom stereocenters. The number of hydrogen-bond donors (Lipinski definition) is 4. The number of Topliss-reactive ketones (excluding diaryl/α,β-unsaturated/α-hetero) is 1. The van der Waals surface area contributed by atoms with E-state index in [1.165, 1.54) is 42.5 Å². The van der Waals surface area contributed by atoms with E-state index >= 15 is 0 Å². The van der Waals surface area contributed by atoms with E-state index in [0.29, 0.717) is 4.90 Å². The third-order valence-corrected chi connectivity index (χ3v) is 6.22. The van der Waals surface area contributed by atoms with Gasteiger partial charge in [0, 0.05) is 29.6 Å². The van der Waals surface area contributed by atoms with Crippen LogP contribution in [0.25, 0.3) is 10.9 Å². The van der Waals surface area contributed by atoms with E-state index in [0.717, 1.165) is 0 Å². The minimum atomic E-state index is -5.21. The summed E-state index contributed by atoms with van der Waals surface area (Å²) in [5.74, 6) is -3.88. The average molecular weight is 590 g/mol. The van der Waals surface area contributed by atoms with Gasteiger partial charge in [0.05, 0.1) is 17.4 Å². The maximum Gasteiger partial charge on any atom is 0.471 e. The van der Waals surface area contributed by atoms with E-state index in [1.54, 1.807) is 20.8 Å². The van der Waals surface area contributed by atoms with Crippen molar-refractivity contribution in [3.8, 4) is 0 Å².